The zero-order valence-corrected chi connectivity index (χ0v) is 8.45. The molecule has 0 aliphatic rings. The minimum Gasteiger partial charge on any atom is -0.480 e. The Kier molecular flexibility index (Phi) is 3.53. The van der Waals surface area contributed by atoms with E-state index in [1.54, 1.807) is 0 Å². The first-order chi connectivity index (χ1) is 7.40. The molecular formula is C8H9F3N2O3. The van der Waals surface area contributed by atoms with Gasteiger partial charge in [0.05, 0.1) is 19.8 Å². The van der Waals surface area contributed by atoms with Crippen LogP contribution in [0.3, 0.4) is 0 Å². The summed E-state index contributed by atoms with van der Waals surface area (Å²) < 4.78 is 46.1. The molecule has 0 bridgehead atoms. The zero-order valence-electron chi connectivity index (χ0n) is 8.45. The van der Waals surface area contributed by atoms with E-state index in [-0.39, 0.29) is 5.88 Å². The molecule has 0 saturated heterocycles. The standard InChI is InChI=1S/C8H9F3N2O3/c1-15-5-3-4(6(14)8(9,10)11)7(16-2)13-12-5/h3,6,14H,1-2H3. The molecule has 0 spiro atoms. The van der Waals surface area contributed by atoms with E-state index >= 15 is 0 Å². The Morgan fingerprint density at radius 2 is 1.88 bits per heavy atom. The summed E-state index contributed by atoms with van der Waals surface area (Å²) in [5.41, 5.74) is -0.540. The lowest BCUT2D eigenvalue weighted by atomic mass is 10.1. The van der Waals surface area contributed by atoms with E-state index in [2.05, 4.69) is 19.7 Å². The zero-order chi connectivity index (χ0) is 12.3. The maximum atomic E-state index is 12.3. The van der Waals surface area contributed by atoms with Crippen LogP contribution in [0.25, 0.3) is 0 Å². The molecule has 90 valence electrons. The molecule has 1 aromatic heterocycles. The van der Waals surface area contributed by atoms with Crippen molar-refractivity contribution in [3.05, 3.63) is 11.6 Å². The minimum absolute atomic E-state index is 0.140. The summed E-state index contributed by atoms with van der Waals surface area (Å²) >= 11 is 0. The summed E-state index contributed by atoms with van der Waals surface area (Å²) in [6.07, 6.45) is -7.49. The molecule has 1 atom stereocenters. The highest BCUT2D eigenvalue weighted by atomic mass is 19.4. The van der Waals surface area contributed by atoms with Crippen LogP contribution in [0.15, 0.2) is 6.07 Å². The molecule has 0 aromatic carbocycles. The summed E-state index contributed by atoms with van der Waals surface area (Å²) in [7, 11) is 2.35. The number of methoxy groups -OCH3 is 2. The van der Waals surface area contributed by atoms with E-state index < -0.39 is 23.7 Å². The van der Waals surface area contributed by atoms with Gasteiger partial charge in [0.25, 0.3) is 0 Å². The monoisotopic (exact) mass is 238 g/mol. The van der Waals surface area contributed by atoms with Gasteiger partial charge in [0.1, 0.15) is 0 Å². The Hall–Kier alpha value is -1.57. The number of rotatable bonds is 3. The van der Waals surface area contributed by atoms with Gasteiger partial charge in [0.15, 0.2) is 6.10 Å². The number of halogens is 3. The third-order valence-electron chi connectivity index (χ3n) is 1.77. The van der Waals surface area contributed by atoms with Gasteiger partial charge in [-0.15, -0.1) is 10.2 Å². The van der Waals surface area contributed by atoms with E-state index in [0.29, 0.717) is 0 Å². The Balaban J connectivity index is 3.18. The average Bonchev–Trinajstić information content (AvgIpc) is 2.25. The molecule has 8 heteroatoms. The fourth-order valence-electron chi connectivity index (χ4n) is 1.01. The molecule has 1 N–H and O–H groups in total. The van der Waals surface area contributed by atoms with Crippen LogP contribution in [0, 0.1) is 0 Å². The van der Waals surface area contributed by atoms with Crippen molar-refractivity contribution in [2.24, 2.45) is 0 Å². The molecule has 0 aliphatic carbocycles. The molecule has 16 heavy (non-hydrogen) atoms. The molecule has 0 aliphatic heterocycles. The Bertz CT molecular complexity index is 370. The maximum absolute atomic E-state index is 12.3. The summed E-state index contributed by atoms with van der Waals surface area (Å²) in [5.74, 6) is -0.537. The molecule has 1 aromatic rings. The molecule has 1 unspecified atom stereocenters. The van der Waals surface area contributed by atoms with Crippen molar-refractivity contribution in [1.29, 1.82) is 0 Å². The van der Waals surface area contributed by atoms with Crippen LogP contribution in [-0.2, 0) is 0 Å². The van der Waals surface area contributed by atoms with Crippen molar-refractivity contribution in [3.8, 4) is 11.8 Å². The second kappa shape index (κ2) is 4.52. The molecule has 5 nitrogen and oxygen atoms in total. The number of alkyl halides is 3. The topological polar surface area (TPSA) is 64.5 Å². The van der Waals surface area contributed by atoms with Gasteiger partial charge in [0, 0.05) is 6.07 Å². The second-order valence-corrected chi connectivity index (χ2v) is 2.80. The van der Waals surface area contributed by atoms with Crippen LogP contribution in [0.1, 0.15) is 11.7 Å². The van der Waals surface area contributed by atoms with E-state index in [9.17, 15) is 13.2 Å². The predicted molar refractivity (Wildman–Crippen MR) is 46.2 cm³/mol. The van der Waals surface area contributed by atoms with Gasteiger partial charge in [-0.2, -0.15) is 13.2 Å². The summed E-state index contributed by atoms with van der Waals surface area (Å²) in [6.45, 7) is 0. The lowest BCUT2D eigenvalue weighted by molar-refractivity contribution is -0.207. The molecule has 1 heterocycles. The highest BCUT2D eigenvalue weighted by Crippen LogP contribution is 2.36. The molecule has 0 radical (unpaired) electrons. The molecule has 0 fully saturated rings. The lowest BCUT2D eigenvalue weighted by Gasteiger charge is -2.16. The number of aliphatic hydroxyl groups excluding tert-OH is 1. The first-order valence-electron chi connectivity index (χ1n) is 4.10. The Labute approximate surface area is 88.8 Å². The van der Waals surface area contributed by atoms with Gasteiger partial charge in [-0.25, -0.2) is 0 Å². The Morgan fingerprint density at radius 3 is 2.31 bits per heavy atom. The van der Waals surface area contributed by atoms with Gasteiger partial charge < -0.3 is 14.6 Å². The summed E-state index contributed by atoms with van der Waals surface area (Å²) in [4.78, 5) is 0. The average molecular weight is 238 g/mol. The van der Waals surface area contributed by atoms with Crippen molar-refractivity contribution < 1.29 is 27.8 Å². The van der Waals surface area contributed by atoms with Gasteiger partial charge in [0.2, 0.25) is 11.8 Å². The minimum atomic E-state index is -4.80. The third kappa shape index (κ3) is 2.51. The predicted octanol–water partition coefficient (Wildman–Crippen LogP) is 1.09. The quantitative estimate of drug-likeness (QED) is 0.853. The summed E-state index contributed by atoms with van der Waals surface area (Å²) in [5, 5.41) is 15.8. The highest BCUT2D eigenvalue weighted by molar-refractivity contribution is 5.31. The number of nitrogens with zero attached hydrogens (tertiary/aromatic N) is 2. The second-order valence-electron chi connectivity index (χ2n) is 2.80. The number of aromatic nitrogens is 2. The number of hydrogen-bond acceptors (Lipinski definition) is 5. The van der Waals surface area contributed by atoms with Crippen LogP contribution >= 0.6 is 0 Å². The fraction of sp³-hybridized carbons (Fsp3) is 0.500. The number of hydrogen-bond donors (Lipinski definition) is 1. The normalized spacial score (nSPS) is 13.4. The van der Waals surface area contributed by atoms with Crippen molar-refractivity contribution in [3.63, 3.8) is 0 Å². The maximum Gasteiger partial charge on any atom is 0.418 e. The fourth-order valence-corrected chi connectivity index (χ4v) is 1.01. The SMILES string of the molecule is COc1cc(C(O)C(F)(F)F)c(OC)nn1. The first-order valence-corrected chi connectivity index (χ1v) is 4.10. The molecule has 1 rings (SSSR count). The van der Waals surface area contributed by atoms with Crippen molar-refractivity contribution in [2.75, 3.05) is 14.2 Å². The molecular weight excluding hydrogens is 229 g/mol. The van der Waals surface area contributed by atoms with E-state index in [1.807, 2.05) is 0 Å². The number of aliphatic hydroxyl groups is 1. The van der Waals surface area contributed by atoms with Crippen molar-refractivity contribution in [2.45, 2.75) is 12.3 Å². The van der Waals surface area contributed by atoms with Crippen LogP contribution in [0.5, 0.6) is 11.8 Å². The van der Waals surface area contributed by atoms with E-state index in [0.717, 1.165) is 13.2 Å². The van der Waals surface area contributed by atoms with Crippen molar-refractivity contribution in [1.82, 2.24) is 10.2 Å². The Morgan fingerprint density at radius 1 is 1.25 bits per heavy atom. The van der Waals surface area contributed by atoms with Crippen molar-refractivity contribution >= 4 is 0 Å². The lowest BCUT2D eigenvalue weighted by Crippen LogP contribution is -2.21. The molecule has 0 amide bonds. The first kappa shape index (κ1) is 12.5. The van der Waals surface area contributed by atoms with Crippen LogP contribution in [0.2, 0.25) is 0 Å². The van der Waals surface area contributed by atoms with E-state index in [1.165, 1.54) is 7.11 Å². The van der Waals surface area contributed by atoms with E-state index in [4.69, 9.17) is 5.11 Å². The van der Waals surface area contributed by atoms with Crippen LogP contribution in [-0.4, -0.2) is 35.7 Å². The van der Waals surface area contributed by atoms with Crippen LogP contribution in [0.4, 0.5) is 13.2 Å². The number of ether oxygens (including phenoxy) is 2. The van der Waals surface area contributed by atoms with Gasteiger partial charge in [-0.3, -0.25) is 0 Å². The van der Waals surface area contributed by atoms with Gasteiger partial charge in [-0.05, 0) is 0 Å². The summed E-state index contributed by atoms with van der Waals surface area (Å²) in [6, 6.07) is 0.921. The molecule has 0 saturated carbocycles. The largest absolute Gasteiger partial charge is 0.480 e. The third-order valence-corrected chi connectivity index (χ3v) is 1.77. The van der Waals surface area contributed by atoms with Gasteiger partial charge in [-0.1, -0.05) is 0 Å². The highest BCUT2D eigenvalue weighted by Gasteiger charge is 2.41. The van der Waals surface area contributed by atoms with Gasteiger partial charge >= 0.3 is 6.18 Å². The van der Waals surface area contributed by atoms with Crippen LogP contribution < -0.4 is 9.47 Å². The smallest absolute Gasteiger partial charge is 0.418 e.